The maximum absolute atomic E-state index is 10.9. The van der Waals surface area contributed by atoms with Gasteiger partial charge in [0.2, 0.25) is 0 Å². The Balaban J connectivity index is 3.13. The third kappa shape index (κ3) is 9.30. The summed E-state index contributed by atoms with van der Waals surface area (Å²) < 4.78 is 4.98. The summed E-state index contributed by atoms with van der Waals surface area (Å²) in [7, 11) is 0. The lowest BCUT2D eigenvalue weighted by Crippen LogP contribution is -2.04. The SMILES string of the molecule is C=CCC(=O)OCCCCCC(C)C. The van der Waals surface area contributed by atoms with E-state index in [0.29, 0.717) is 13.0 Å². The smallest absolute Gasteiger partial charge is 0.309 e. The van der Waals surface area contributed by atoms with E-state index in [-0.39, 0.29) is 5.97 Å². The molecule has 0 aliphatic carbocycles. The number of hydrogen-bond donors (Lipinski definition) is 0. The van der Waals surface area contributed by atoms with Crippen LogP contribution < -0.4 is 0 Å². The molecule has 0 saturated heterocycles. The summed E-state index contributed by atoms with van der Waals surface area (Å²) in [5.74, 6) is 0.613. The molecule has 0 atom stereocenters. The van der Waals surface area contributed by atoms with Crippen LogP contribution in [0.1, 0.15) is 46.0 Å². The van der Waals surface area contributed by atoms with Gasteiger partial charge in [-0.2, -0.15) is 0 Å². The topological polar surface area (TPSA) is 26.3 Å². The fourth-order valence-electron chi connectivity index (χ4n) is 1.19. The second-order valence-corrected chi connectivity index (χ2v) is 3.96. The molecule has 2 nitrogen and oxygen atoms in total. The molecule has 14 heavy (non-hydrogen) atoms. The molecular weight excluding hydrogens is 176 g/mol. The molecule has 0 fully saturated rings. The minimum atomic E-state index is -0.163. The molecule has 0 amide bonds. The normalized spacial score (nSPS) is 10.2. The average molecular weight is 198 g/mol. The molecule has 0 aliphatic heterocycles. The molecular formula is C12H22O2. The Bertz CT molecular complexity index is 162. The van der Waals surface area contributed by atoms with Gasteiger partial charge in [-0.3, -0.25) is 4.79 Å². The van der Waals surface area contributed by atoms with Gasteiger partial charge < -0.3 is 4.74 Å². The van der Waals surface area contributed by atoms with Crippen molar-refractivity contribution in [1.29, 1.82) is 0 Å². The van der Waals surface area contributed by atoms with E-state index in [1.54, 1.807) is 6.08 Å². The number of hydrogen-bond acceptors (Lipinski definition) is 2. The quantitative estimate of drug-likeness (QED) is 0.340. The van der Waals surface area contributed by atoms with Crippen molar-refractivity contribution < 1.29 is 9.53 Å². The molecule has 0 aliphatic rings. The molecule has 82 valence electrons. The Labute approximate surface area is 87.3 Å². The summed E-state index contributed by atoms with van der Waals surface area (Å²) in [5, 5.41) is 0. The van der Waals surface area contributed by atoms with Crippen LogP contribution in [0.15, 0.2) is 12.7 Å². The number of ether oxygens (including phenoxy) is 1. The van der Waals surface area contributed by atoms with Crippen LogP contribution in [0.5, 0.6) is 0 Å². The zero-order valence-corrected chi connectivity index (χ0v) is 9.42. The van der Waals surface area contributed by atoms with Crippen LogP contribution in [0.2, 0.25) is 0 Å². The van der Waals surface area contributed by atoms with Crippen molar-refractivity contribution in [2.24, 2.45) is 5.92 Å². The van der Waals surface area contributed by atoms with E-state index >= 15 is 0 Å². The van der Waals surface area contributed by atoms with Crippen molar-refractivity contribution in [2.75, 3.05) is 6.61 Å². The van der Waals surface area contributed by atoms with Gasteiger partial charge in [0, 0.05) is 0 Å². The second-order valence-electron chi connectivity index (χ2n) is 3.96. The van der Waals surface area contributed by atoms with Crippen LogP contribution in [0, 0.1) is 5.92 Å². The predicted octanol–water partition coefficient (Wildman–Crippen LogP) is 3.32. The van der Waals surface area contributed by atoms with E-state index in [1.165, 1.54) is 12.8 Å². The van der Waals surface area contributed by atoms with Crippen LogP contribution in [-0.2, 0) is 9.53 Å². The van der Waals surface area contributed by atoms with E-state index in [0.717, 1.165) is 18.8 Å². The van der Waals surface area contributed by atoms with E-state index in [1.807, 2.05) is 0 Å². The standard InChI is InChI=1S/C12H22O2/c1-4-8-12(13)14-10-7-5-6-9-11(2)3/h4,11H,1,5-10H2,2-3H3. The maximum atomic E-state index is 10.9. The van der Waals surface area contributed by atoms with Gasteiger partial charge in [0.25, 0.3) is 0 Å². The largest absolute Gasteiger partial charge is 0.465 e. The van der Waals surface area contributed by atoms with Crippen molar-refractivity contribution in [1.82, 2.24) is 0 Å². The first-order valence-electron chi connectivity index (χ1n) is 5.43. The molecule has 0 rings (SSSR count). The van der Waals surface area contributed by atoms with Crippen LogP contribution in [-0.4, -0.2) is 12.6 Å². The number of carbonyl (C=O) groups is 1. The zero-order chi connectivity index (χ0) is 10.8. The van der Waals surface area contributed by atoms with Crippen LogP contribution >= 0.6 is 0 Å². The molecule has 0 aromatic carbocycles. The second kappa shape index (κ2) is 8.79. The summed E-state index contributed by atoms with van der Waals surface area (Å²) in [4.78, 5) is 10.9. The first-order valence-corrected chi connectivity index (χ1v) is 5.43. The highest BCUT2D eigenvalue weighted by atomic mass is 16.5. The van der Waals surface area contributed by atoms with Crippen molar-refractivity contribution in [2.45, 2.75) is 46.0 Å². The zero-order valence-electron chi connectivity index (χ0n) is 9.42. The molecule has 0 heterocycles. The van der Waals surface area contributed by atoms with E-state index in [2.05, 4.69) is 20.4 Å². The lowest BCUT2D eigenvalue weighted by atomic mass is 10.1. The van der Waals surface area contributed by atoms with E-state index in [9.17, 15) is 4.79 Å². The third-order valence-electron chi connectivity index (χ3n) is 2.00. The molecule has 0 aromatic rings. The average Bonchev–Trinajstić information content (AvgIpc) is 2.11. The lowest BCUT2D eigenvalue weighted by Gasteiger charge is -2.05. The molecule has 0 bridgehead atoms. The Morgan fingerprint density at radius 2 is 2.07 bits per heavy atom. The first-order chi connectivity index (χ1) is 6.66. The maximum Gasteiger partial charge on any atom is 0.309 e. The van der Waals surface area contributed by atoms with E-state index in [4.69, 9.17) is 4.74 Å². The van der Waals surface area contributed by atoms with Gasteiger partial charge in [0.1, 0.15) is 0 Å². The molecule has 0 saturated carbocycles. The number of rotatable bonds is 8. The molecule has 2 heteroatoms. The van der Waals surface area contributed by atoms with Gasteiger partial charge in [-0.1, -0.05) is 39.2 Å². The fraction of sp³-hybridized carbons (Fsp3) is 0.750. The highest BCUT2D eigenvalue weighted by Crippen LogP contribution is 2.07. The minimum Gasteiger partial charge on any atom is -0.465 e. The van der Waals surface area contributed by atoms with E-state index < -0.39 is 0 Å². The highest BCUT2D eigenvalue weighted by molar-refractivity contribution is 5.70. The Kier molecular flexibility index (Phi) is 8.30. The van der Waals surface area contributed by atoms with Gasteiger partial charge in [-0.25, -0.2) is 0 Å². The first kappa shape index (κ1) is 13.2. The number of carbonyl (C=O) groups excluding carboxylic acids is 1. The number of esters is 1. The van der Waals surface area contributed by atoms with Crippen molar-refractivity contribution in [3.63, 3.8) is 0 Å². The summed E-state index contributed by atoms with van der Waals surface area (Å²) in [6.07, 6.45) is 6.53. The van der Waals surface area contributed by atoms with Crippen LogP contribution in [0.4, 0.5) is 0 Å². The Morgan fingerprint density at radius 1 is 1.36 bits per heavy atom. The van der Waals surface area contributed by atoms with Gasteiger partial charge >= 0.3 is 5.97 Å². The minimum absolute atomic E-state index is 0.163. The Morgan fingerprint density at radius 3 is 2.64 bits per heavy atom. The van der Waals surface area contributed by atoms with Crippen LogP contribution in [0.3, 0.4) is 0 Å². The van der Waals surface area contributed by atoms with Crippen LogP contribution in [0.25, 0.3) is 0 Å². The van der Waals surface area contributed by atoms with Crippen molar-refractivity contribution in [3.05, 3.63) is 12.7 Å². The monoisotopic (exact) mass is 198 g/mol. The van der Waals surface area contributed by atoms with Crippen molar-refractivity contribution in [3.8, 4) is 0 Å². The van der Waals surface area contributed by atoms with Gasteiger partial charge in [-0.15, -0.1) is 6.58 Å². The van der Waals surface area contributed by atoms with Crippen molar-refractivity contribution >= 4 is 5.97 Å². The lowest BCUT2D eigenvalue weighted by molar-refractivity contribution is -0.142. The van der Waals surface area contributed by atoms with Gasteiger partial charge in [0.05, 0.1) is 13.0 Å². The Hall–Kier alpha value is -0.790. The van der Waals surface area contributed by atoms with Gasteiger partial charge in [0.15, 0.2) is 0 Å². The molecule has 0 radical (unpaired) electrons. The summed E-state index contributed by atoms with van der Waals surface area (Å²) in [5.41, 5.74) is 0. The predicted molar refractivity (Wildman–Crippen MR) is 59.1 cm³/mol. The summed E-state index contributed by atoms with van der Waals surface area (Å²) in [6, 6.07) is 0. The molecule has 0 unspecified atom stereocenters. The molecule has 0 spiro atoms. The molecule has 0 aromatic heterocycles. The van der Waals surface area contributed by atoms with Gasteiger partial charge in [-0.05, 0) is 12.3 Å². The number of unbranched alkanes of at least 4 members (excludes halogenated alkanes) is 2. The summed E-state index contributed by atoms with van der Waals surface area (Å²) in [6.45, 7) is 8.49. The third-order valence-corrected chi connectivity index (χ3v) is 2.00. The molecule has 0 N–H and O–H groups in total. The summed E-state index contributed by atoms with van der Waals surface area (Å²) >= 11 is 0. The highest BCUT2D eigenvalue weighted by Gasteiger charge is 1.98. The fourth-order valence-corrected chi connectivity index (χ4v) is 1.19.